The zero-order valence-corrected chi connectivity index (χ0v) is 13.2. The first kappa shape index (κ1) is 15.2. The third-order valence-corrected chi connectivity index (χ3v) is 4.19. The highest BCUT2D eigenvalue weighted by molar-refractivity contribution is 7.99. The molecule has 2 nitrogen and oxygen atoms in total. The molecule has 0 amide bonds. The number of benzene rings is 2. The Bertz CT molecular complexity index is 574. The Morgan fingerprint density at radius 1 is 1.20 bits per heavy atom. The summed E-state index contributed by atoms with van der Waals surface area (Å²) in [4.78, 5) is 2.32. The van der Waals surface area contributed by atoms with Gasteiger partial charge in [-0.3, -0.25) is 0 Å². The number of rotatable bonds is 6. The van der Waals surface area contributed by atoms with E-state index in [9.17, 15) is 0 Å². The first-order valence-electron chi connectivity index (χ1n) is 6.54. The lowest BCUT2D eigenvalue weighted by Crippen LogP contribution is -2.12. The van der Waals surface area contributed by atoms with Crippen molar-refractivity contribution in [3.63, 3.8) is 0 Å². The van der Waals surface area contributed by atoms with Crippen LogP contribution in [0.15, 0.2) is 52.3 Å². The maximum absolute atomic E-state index is 6.12. The third-order valence-electron chi connectivity index (χ3n) is 2.86. The van der Waals surface area contributed by atoms with Crippen LogP contribution in [0.5, 0.6) is 5.75 Å². The van der Waals surface area contributed by atoms with Gasteiger partial charge in [0.2, 0.25) is 0 Å². The predicted molar refractivity (Wildman–Crippen MR) is 85.9 cm³/mol. The fourth-order valence-corrected chi connectivity index (χ4v) is 3.09. The molecule has 0 atom stereocenters. The van der Waals surface area contributed by atoms with E-state index in [1.54, 1.807) is 18.9 Å². The predicted octanol–water partition coefficient (Wildman–Crippen LogP) is 4.61. The van der Waals surface area contributed by atoms with E-state index in [1.807, 2.05) is 30.3 Å². The van der Waals surface area contributed by atoms with Crippen molar-refractivity contribution in [1.29, 1.82) is 0 Å². The smallest absolute Gasteiger partial charge is 0.119 e. The average Bonchev–Trinajstić information content (AvgIpc) is 2.47. The van der Waals surface area contributed by atoms with Crippen molar-refractivity contribution in [2.45, 2.75) is 23.3 Å². The van der Waals surface area contributed by atoms with Gasteiger partial charge in [-0.1, -0.05) is 42.4 Å². The van der Waals surface area contributed by atoms with E-state index in [0.717, 1.165) is 28.8 Å². The highest BCUT2D eigenvalue weighted by atomic mass is 35.5. The van der Waals surface area contributed by atoms with E-state index in [0.29, 0.717) is 0 Å². The summed E-state index contributed by atoms with van der Waals surface area (Å²) in [6.07, 6.45) is 0. The monoisotopic (exact) mass is 307 g/mol. The summed E-state index contributed by atoms with van der Waals surface area (Å²) in [5, 5.41) is 4.11. The molecule has 0 heterocycles. The van der Waals surface area contributed by atoms with Gasteiger partial charge in [-0.25, -0.2) is 0 Å². The molecule has 0 aliphatic rings. The van der Waals surface area contributed by atoms with Gasteiger partial charge in [-0.2, -0.15) is 0 Å². The average molecular weight is 308 g/mol. The zero-order valence-electron chi connectivity index (χ0n) is 11.7. The van der Waals surface area contributed by atoms with Gasteiger partial charge >= 0.3 is 0 Å². The minimum atomic E-state index is 0.760. The lowest BCUT2D eigenvalue weighted by atomic mass is 10.2. The standard InChI is InChI=1S/C16H18ClNOS/c1-3-18-11-12-7-8-13(17)9-16(12)20-15-6-4-5-14(10-15)19-2/h4-10,18H,3,11H2,1-2H3. The summed E-state index contributed by atoms with van der Waals surface area (Å²) >= 11 is 7.82. The molecule has 2 aromatic rings. The molecule has 0 aromatic heterocycles. The second-order valence-corrected chi connectivity index (χ2v) is 5.87. The van der Waals surface area contributed by atoms with Crippen LogP contribution in [0.2, 0.25) is 5.02 Å². The van der Waals surface area contributed by atoms with E-state index < -0.39 is 0 Å². The third kappa shape index (κ3) is 4.17. The van der Waals surface area contributed by atoms with Crippen molar-refractivity contribution in [2.24, 2.45) is 0 Å². The second-order valence-electron chi connectivity index (χ2n) is 4.31. The Morgan fingerprint density at radius 3 is 2.80 bits per heavy atom. The maximum Gasteiger partial charge on any atom is 0.119 e. The van der Waals surface area contributed by atoms with Crippen molar-refractivity contribution >= 4 is 23.4 Å². The highest BCUT2D eigenvalue weighted by Crippen LogP contribution is 2.34. The summed E-state index contributed by atoms with van der Waals surface area (Å²) in [6, 6.07) is 14.1. The molecule has 0 saturated carbocycles. The molecule has 0 aliphatic heterocycles. The molecule has 1 N–H and O–H groups in total. The molecule has 0 bridgehead atoms. The van der Waals surface area contributed by atoms with Crippen LogP contribution < -0.4 is 10.1 Å². The van der Waals surface area contributed by atoms with Crippen LogP contribution in [0.25, 0.3) is 0 Å². The fourth-order valence-electron chi connectivity index (χ4n) is 1.82. The van der Waals surface area contributed by atoms with Gasteiger partial charge in [0.1, 0.15) is 5.75 Å². The summed E-state index contributed by atoms with van der Waals surface area (Å²) < 4.78 is 5.26. The topological polar surface area (TPSA) is 21.3 Å². The summed E-state index contributed by atoms with van der Waals surface area (Å²) in [7, 11) is 1.68. The molecule has 106 valence electrons. The zero-order chi connectivity index (χ0) is 14.4. The molecular weight excluding hydrogens is 290 g/mol. The van der Waals surface area contributed by atoms with E-state index >= 15 is 0 Å². The number of halogens is 1. The number of hydrogen-bond donors (Lipinski definition) is 1. The van der Waals surface area contributed by atoms with Crippen molar-refractivity contribution in [2.75, 3.05) is 13.7 Å². The lowest BCUT2D eigenvalue weighted by Gasteiger charge is -2.11. The number of hydrogen-bond acceptors (Lipinski definition) is 3. The van der Waals surface area contributed by atoms with Crippen molar-refractivity contribution in [1.82, 2.24) is 5.32 Å². The minimum absolute atomic E-state index is 0.760. The second kappa shape index (κ2) is 7.58. The molecule has 20 heavy (non-hydrogen) atoms. The van der Waals surface area contributed by atoms with Crippen LogP contribution in [0.1, 0.15) is 12.5 Å². The number of ether oxygens (including phenoxy) is 1. The minimum Gasteiger partial charge on any atom is -0.497 e. The first-order valence-corrected chi connectivity index (χ1v) is 7.73. The van der Waals surface area contributed by atoms with E-state index in [2.05, 4.69) is 24.4 Å². The van der Waals surface area contributed by atoms with Crippen LogP contribution >= 0.6 is 23.4 Å². The van der Waals surface area contributed by atoms with Gasteiger partial charge in [0.05, 0.1) is 7.11 Å². The van der Waals surface area contributed by atoms with Crippen LogP contribution in [0.3, 0.4) is 0 Å². The fraction of sp³-hybridized carbons (Fsp3) is 0.250. The van der Waals surface area contributed by atoms with Crippen molar-refractivity contribution in [3.8, 4) is 5.75 Å². The molecule has 0 radical (unpaired) electrons. The molecule has 4 heteroatoms. The van der Waals surface area contributed by atoms with Gasteiger partial charge in [0.15, 0.2) is 0 Å². The van der Waals surface area contributed by atoms with E-state index in [-0.39, 0.29) is 0 Å². The van der Waals surface area contributed by atoms with E-state index in [1.165, 1.54) is 10.5 Å². The molecule has 0 unspecified atom stereocenters. The molecule has 2 aromatic carbocycles. The largest absolute Gasteiger partial charge is 0.497 e. The SMILES string of the molecule is CCNCc1ccc(Cl)cc1Sc1cccc(OC)c1. The Labute approximate surface area is 129 Å². The summed E-state index contributed by atoms with van der Waals surface area (Å²) in [5.41, 5.74) is 1.25. The molecule has 0 aliphatic carbocycles. The Kier molecular flexibility index (Phi) is 5.77. The number of nitrogens with one attached hydrogen (secondary N) is 1. The van der Waals surface area contributed by atoms with Crippen molar-refractivity contribution in [3.05, 3.63) is 53.1 Å². The Hall–Kier alpha value is -1.16. The van der Waals surface area contributed by atoms with Gasteiger partial charge in [-0.05, 0) is 42.4 Å². The molecule has 0 spiro atoms. The number of methoxy groups -OCH3 is 1. The molecule has 0 saturated heterocycles. The van der Waals surface area contributed by atoms with Gasteiger partial charge in [0, 0.05) is 21.4 Å². The quantitative estimate of drug-likeness (QED) is 0.842. The van der Waals surface area contributed by atoms with Crippen LogP contribution in [0.4, 0.5) is 0 Å². The van der Waals surface area contributed by atoms with Gasteiger partial charge < -0.3 is 10.1 Å². The first-order chi connectivity index (χ1) is 9.72. The molecule has 0 fully saturated rings. The van der Waals surface area contributed by atoms with Gasteiger partial charge in [0.25, 0.3) is 0 Å². The van der Waals surface area contributed by atoms with Crippen molar-refractivity contribution < 1.29 is 4.74 Å². The summed E-state index contributed by atoms with van der Waals surface area (Å²) in [5.74, 6) is 0.866. The normalized spacial score (nSPS) is 10.6. The Balaban J connectivity index is 2.24. The van der Waals surface area contributed by atoms with E-state index in [4.69, 9.17) is 16.3 Å². The molecular formula is C16H18ClNOS. The van der Waals surface area contributed by atoms with Crippen LogP contribution in [0, 0.1) is 0 Å². The van der Waals surface area contributed by atoms with Crippen LogP contribution in [-0.4, -0.2) is 13.7 Å². The Morgan fingerprint density at radius 2 is 2.05 bits per heavy atom. The van der Waals surface area contributed by atoms with Crippen LogP contribution in [-0.2, 0) is 6.54 Å². The molecule has 2 rings (SSSR count). The summed E-state index contributed by atoms with van der Waals surface area (Å²) in [6.45, 7) is 3.90. The maximum atomic E-state index is 6.12. The van der Waals surface area contributed by atoms with Gasteiger partial charge in [-0.15, -0.1) is 0 Å². The highest BCUT2D eigenvalue weighted by Gasteiger charge is 2.06. The lowest BCUT2D eigenvalue weighted by molar-refractivity contribution is 0.413.